The lowest BCUT2D eigenvalue weighted by atomic mass is 9.53. The van der Waals surface area contributed by atoms with Crippen LogP contribution in [-0.2, 0) is 24.5 Å². The molecule has 0 spiro atoms. The molecular formula is C24H32N2O5. The van der Waals surface area contributed by atoms with E-state index in [-0.39, 0.29) is 47.8 Å². The number of benzene rings is 1. The van der Waals surface area contributed by atoms with E-state index in [1.807, 2.05) is 30.0 Å². The summed E-state index contributed by atoms with van der Waals surface area (Å²) < 4.78 is 12.5. The molecule has 3 aliphatic heterocycles. The molecule has 6 unspecified atom stereocenters. The molecule has 4 aliphatic rings. The first-order chi connectivity index (χ1) is 14.8. The van der Waals surface area contributed by atoms with Crippen molar-refractivity contribution in [2.24, 2.45) is 17.8 Å². The number of aliphatic hydroxyl groups excluding tert-OH is 1. The van der Waals surface area contributed by atoms with Crippen LogP contribution in [0.1, 0.15) is 39.2 Å². The van der Waals surface area contributed by atoms with Crippen LogP contribution in [0.5, 0.6) is 0 Å². The van der Waals surface area contributed by atoms with Gasteiger partial charge in [-0.2, -0.15) is 0 Å². The van der Waals surface area contributed by atoms with Gasteiger partial charge < -0.3 is 24.4 Å². The molecule has 2 saturated heterocycles. The second-order valence-electron chi connectivity index (χ2n) is 9.78. The van der Waals surface area contributed by atoms with E-state index in [1.165, 1.54) is 0 Å². The average molecular weight is 429 g/mol. The third kappa shape index (κ3) is 2.82. The number of aliphatic hydroxyl groups is 1. The van der Waals surface area contributed by atoms with Crippen molar-refractivity contribution < 1.29 is 24.2 Å². The van der Waals surface area contributed by atoms with Crippen molar-refractivity contribution in [3.63, 3.8) is 0 Å². The van der Waals surface area contributed by atoms with E-state index < -0.39 is 11.7 Å². The Kier molecular flexibility index (Phi) is 4.92. The molecule has 7 nitrogen and oxygen atoms in total. The SMILES string of the molecule is CC(=O)N(C)CCC12c3ccccc3N(C(C)=O)C1C1COC(C)C3C1C[C@@H]2O[C@@H]3O. The zero-order valence-electron chi connectivity index (χ0n) is 18.7. The maximum atomic E-state index is 13.0. The first-order valence-corrected chi connectivity index (χ1v) is 11.3. The maximum Gasteiger partial charge on any atom is 0.224 e. The van der Waals surface area contributed by atoms with E-state index in [0.717, 1.165) is 17.7 Å². The number of carbonyl (C=O) groups excluding carboxylic acids is 2. The molecule has 0 radical (unpaired) electrons. The smallest absolute Gasteiger partial charge is 0.224 e. The number of ether oxygens (including phenoxy) is 2. The summed E-state index contributed by atoms with van der Waals surface area (Å²) in [5.74, 6) is 0.267. The van der Waals surface area contributed by atoms with Crippen LogP contribution in [0.3, 0.4) is 0 Å². The molecule has 2 amide bonds. The molecule has 0 aromatic heterocycles. The van der Waals surface area contributed by atoms with Crippen LogP contribution in [0.4, 0.5) is 5.69 Å². The molecule has 1 aromatic rings. The van der Waals surface area contributed by atoms with Gasteiger partial charge in [-0.3, -0.25) is 9.59 Å². The number of hydrogen-bond donors (Lipinski definition) is 1. The summed E-state index contributed by atoms with van der Waals surface area (Å²) in [6, 6.07) is 7.95. The van der Waals surface area contributed by atoms with Gasteiger partial charge in [0, 0.05) is 50.4 Å². The molecule has 1 saturated carbocycles. The fourth-order valence-corrected chi connectivity index (χ4v) is 7.00. The molecule has 1 aliphatic carbocycles. The number of nitrogens with zero attached hydrogens (tertiary/aromatic N) is 2. The number of para-hydroxylation sites is 1. The molecule has 168 valence electrons. The highest BCUT2D eigenvalue weighted by atomic mass is 16.6. The fraction of sp³-hybridized carbons (Fsp3) is 0.667. The van der Waals surface area contributed by atoms with Crippen molar-refractivity contribution in [1.82, 2.24) is 4.90 Å². The Labute approximate surface area is 183 Å². The summed E-state index contributed by atoms with van der Waals surface area (Å²) in [5, 5.41) is 11.0. The summed E-state index contributed by atoms with van der Waals surface area (Å²) in [6.45, 7) is 6.31. The quantitative estimate of drug-likeness (QED) is 0.796. The first-order valence-electron chi connectivity index (χ1n) is 11.3. The Morgan fingerprint density at radius 1 is 1.26 bits per heavy atom. The predicted molar refractivity (Wildman–Crippen MR) is 114 cm³/mol. The van der Waals surface area contributed by atoms with Gasteiger partial charge in [-0.15, -0.1) is 0 Å². The predicted octanol–water partition coefficient (Wildman–Crippen LogP) is 1.92. The summed E-state index contributed by atoms with van der Waals surface area (Å²) in [4.78, 5) is 28.6. The summed E-state index contributed by atoms with van der Waals surface area (Å²) in [5.41, 5.74) is 1.51. The van der Waals surface area contributed by atoms with E-state index >= 15 is 0 Å². The average Bonchev–Trinajstić information content (AvgIpc) is 3.03. The summed E-state index contributed by atoms with van der Waals surface area (Å²) >= 11 is 0. The van der Waals surface area contributed by atoms with Crippen molar-refractivity contribution in [3.8, 4) is 0 Å². The molecule has 3 heterocycles. The van der Waals surface area contributed by atoms with Crippen molar-refractivity contribution in [2.75, 3.05) is 25.1 Å². The maximum absolute atomic E-state index is 13.0. The fourth-order valence-electron chi connectivity index (χ4n) is 7.00. The number of hydrogen-bond acceptors (Lipinski definition) is 5. The van der Waals surface area contributed by atoms with Crippen LogP contribution >= 0.6 is 0 Å². The molecule has 2 bridgehead atoms. The molecule has 7 heteroatoms. The van der Waals surface area contributed by atoms with Gasteiger partial charge in [0.05, 0.1) is 24.9 Å². The van der Waals surface area contributed by atoms with E-state index in [4.69, 9.17) is 9.47 Å². The molecule has 1 N–H and O–H groups in total. The van der Waals surface area contributed by atoms with Crippen molar-refractivity contribution in [3.05, 3.63) is 29.8 Å². The molecule has 31 heavy (non-hydrogen) atoms. The minimum Gasteiger partial charge on any atom is -0.378 e. The van der Waals surface area contributed by atoms with Gasteiger partial charge in [0.25, 0.3) is 0 Å². The minimum absolute atomic E-state index is 0.00920. The van der Waals surface area contributed by atoms with Crippen LogP contribution in [0.25, 0.3) is 0 Å². The van der Waals surface area contributed by atoms with Crippen LogP contribution in [0.2, 0.25) is 0 Å². The van der Waals surface area contributed by atoms with Crippen LogP contribution in [0.15, 0.2) is 24.3 Å². The van der Waals surface area contributed by atoms with Crippen LogP contribution in [-0.4, -0.2) is 66.6 Å². The number of carbonyl (C=O) groups is 2. The second kappa shape index (κ2) is 7.29. The Morgan fingerprint density at radius 2 is 2.00 bits per heavy atom. The second-order valence-corrected chi connectivity index (χ2v) is 9.78. The third-order valence-corrected chi connectivity index (χ3v) is 8.45. The number of anilines is 1. The first kappa shape index (κ1) is 20.9. The number of fused-ring (bicyclic) bond motifs is 6. The van der Waals surface area contributed by atoms with Gasteiger partial charge in [0.1, 0.15) is 0 Å². The summed E-state index contributed by atoms with van der Waals surface area (Å²) in [7, 11) is 1.81. The molecule has 5 rings (SSSR count). The van der Waals surface area contributed by atoms with E-state index in [1.54, 1.807) is 25.8 Å². The van der Waals surface area contributed by atoms with Crippen molar-refractivity contribution in [1.29, 1.82) is 0 Å². The van der Waals surface area contributed by atoms with Crippen LogP contribution < -0.4 is 4.90 Å². The largest absolute Gasteiger partial charge is 0.378 e. The van der Waals surface area contributed by atoms with Crippen molar-refractivity contribution >= 4 is 17.5 Å². The van der Waals surface area contributed by atoms with Gasteiger partial charge >= 0.3 is 0 Å². The third-order valence-electron chi connectivity index (χ3n) is 8.45. The Morgan fingerprint density at radius 3 is 2.71 bits per heavy atom. The van der Waals surface area contributed by atoms with Gasteiger partial charge in [-0.05, 0) is 37.3 Å². The zero-order chi connectivity index (χ0) is 22.1. The minimum atomic E-state index is -0.886. The lowest BCUT2D eigenvalue weighted by molar-refractivity contribution is -0.297. The number of rotatable bonds is 3. The van der Waals surface area contributed by atoms with Gasteiger partial charge in [-0.1, -0.05) is 18.2 Å². The summed E-state index contributed by atoms with van der Waals surface area (Å²) in [6.07, 6.45) is 0.309. The molecule has 8 atom stereocenters. The van der Waals surface area contributed by atoms with E-state index in [9.17, 15) is 14.7 Å². The Hall–Kier alpha value is -1.96. The molecule has 1 aromatic carbocycles. The van der Waals surface area contributed by atoms with Crippen molar-refractivity contribution in [2.45, 2.75) is 63.6 Å². The molecular weight excluding hydrogens is 396 g/mol. The zero-order valence-corrected chi connectivity index (χ0v) is 18.7. The van der Waals surface area contributed by atoms with Gasteiger partial charge in [0.15, 0.2) is 6.29 Å². The topological polar surface area (TPSA) is 79.3 Å². The highest BCUT2D eigenvalue weighted by Gasteiger charge is 2.68. The highest BCUT2D eigenvalue weighted by Crippen LogP contribution is 2.62. The standard InChI is InChI=1S/C24H32N2O5/c1-13-21-16-11-20(31-23(21)29)24(9-10-25(4)14(2)27)18-7-5-6-8-19(18)26(15(3)28)22(24)17(16)12-30-13/h5-8,13,16-17,20-23,29H,9-12H2,1-4H3/t13?,16?,17?,20-,21?,22?,23-,24?/m0/s1. The molecule has 3 fully saturated rings. The van der Waals surface area contributed by atoms with E-state index in [0.29, 0.717) is 19.6 Å². The monoisotopic (exact) mass is 428 g/mol. The normalized spacial score (nSPS) is 40.2. The number of amides is 2. The van der Waals surface area contributed by atoms with E-state index in [2.05, 4.69) is 6.07 Å². The lowest BCUT2D eigenvalue weighted by Gasteiger charge is -2.61. The highest BCUT2D eigenvalue weighted by molar-refractivity contribution is 5.96. The van der Waals surface area contributed by atoms with Gasteiger partial charge in [-0.25, -0.2) is 0 Å². The lowest BCUT2D eigenvalue weighted by Crippen LogP contribution is -2.70. The van der Waals surface area contributed by atoms with Gasteiger partial charge in [0.2, 0.25) is 11.8 Å². The Bertz CT molecular complexity index is 906. The Balaban J connectivity index is 1.67. The van der Waals surface area contributed by atoms with Crippen LogP contribution in [0, 0.1) is 17.8 Å².